The van der Waals surface area contributed by atoms with Gasteiger partial charge >= 0.3 is 0 Å². The number of carbonyl (C=O) groups is 2. The number of amides is 1. The number of benzene rings is 2. The molecule has 0 spiro atoms. The Morgan fingerprint density at radius 2 is 1.76 bits per heavy atom. The van der Waals surface area contributed by atoms with Gasteiger partial charge in [0, 0.05) is 22.1 Å². The number of ketones is 1. The van der Waals surface area contributed by atoms with Gasteiger partial charge in [0.15, 0.2) is 17.3 Å². The van der Waals surface area contributed by atoms with Crippen LogP contribution in [-0.4, -0.2) is 25.9 Å². The van der Waals surface area contributed by atoms with Gasteiger partial charge in [-0.25, -0.2) is 0 Å². The molecule has 5 nitrogen and oxygen atoms in total. The van der Waals surface area contributed by atoms with Crippen molar-refractivity contribution in [3.05, 3.63) is 52.0 Å². The van der Waals surface area contributed by atoms with Crippen molar-refractivity contribution in [3.63, 3.8) is 0 Å². The summed E-state index contributed by atoms with van der Waals surface area (Å²) in [5.41, 5.74) is 2.13. The first-order chi connectivity index (χ1) is 11.9. The van der Waals surface area contributed by atoms with Crippen molar-refractivity contribution >= 4 is 33.3 Å². The Kier molecular flexibility index (Phi) is 6.58. The molecule has 0 fully saturated rings. The summed E-state index contributed by atoms with van der Waals surface area (Å²) in [6.07, 6.45) is 0.845. The van der Waals surface area contributed by atoms with Crippen LogP contribution >= 0.6 is 15.9 Å². The van der Waals surface area contributed by atoms with Crippen molar-refractivity contribution in [1.29, 1.82) is 0 Å². The Hall–Kier alpha value is -2.34. The van der Waals surface area contributed by atoms with Gasteiger partial charge in [-0.3, -0.25) is 9.59 Å². The van der Waals surface area contributed by atoms with E-state index >= 15 is 0 Å². The zero-order valence-corrected chi connectivity index (χ0v) is 16.0. The Morgan fingerprint density at radius 1 is 1.08 bits per heavy atom. The molecule has 0 aliphatic rings. The van der Waals surface area contributed by atoms with Crippen LogP contribution in [0.5, 0.6) is 11.5 Å². The predicted octanol–water partition coefficient (Wildman–Crippen LogP) is 4.24. The molecule has 0 aliphatic heterocycles. The minimum Gasteiger partial charge on any atom is -0.493 e. The van der Waals surface area contributed by atoms with E-state index in [2.05, 4.69) is 21.2 Å². The third-order valence-corrected chi connectivity index (χ3v) is 4.47. The molecule has 25 heavy (non-hydrogen) atoms. The van der Waals surface area contributed by atoms with Crippen molar-refractivity contribution in [2.24, 2.45) is 0 Å². The summed E-state index contributed by atoms with van der Waals surface area (Å²) in [5, 5.41) is 2.82. The molecule has 2 rings (SSSR count). The Bertz CT molecular complexity index is 789. The zero-order chi connectivity index (χ0) is 18.4. The van der Waals surface area contributed by atoms with Crippen LogP contribution in [0.15, 0.2) is 40.9 Å². The van der Waals surface area contributed by atoms with Gasteiger partial charge < -0.3 is 14.8 Å². The predicted molar refractivity (Wildman–Crippen MR) is 101 cm³/mol. The normalized spacial score (nSPS) is 10.2. The van der Waals surface area contributed by atoms with Crippen molar-refractivity contribution < 1.29 is 19.1 Å². The van der Waals surface area contributed by atoms with Gasteiger partial charge in [0.2, 0.25) is 5.91 Å². The molecule has 0 bridgehead atoms. The second kappa shape index (κ2) is 8.67. The minimum atomic E-state index is -0.123. The minimum absolute atomic E-state index is 0.0367. The lowest BCUT2D eigenvalue weighted by Gasteiger charge is -2.12. The highest BCUT2D eigenvalue weighted by Crippen LogP contribution is 2.33. The fourth-order valence-electron chi connectivity index (χ4n) is 2.38. The fraction of sp³-hybridized carbons (Fsp3) is 0.263. The summed E-state index contributed by atoms with van der Waals surface area (Å²) in [5.74, 6) is 1.09. The second-order valence-electron chi connectivity index (χ2n) is 5.48. The maximum absolute atomic E-state index is 12.2. The van der Waals surface area contributed by atoms with Crippen molar-refractivity contribution in [3.8, 4) is 11.5 Å². The highest BCUT2D eigenvalue weighted by molar-refractivity contribution is 9.10. The molecule has 1 N–H and O–H groups in total. The topological polar surface area (TPSA) is 64.6 Å². The molecule has 0 atom stereocenters. The largest absolute Gasteiger partial charge is 0.493 e. The van der Waals surface area contributed by atoms with Gasteiger partial charge in [-0.2, -0.15) is 0 Å². The molecule has 0 radical (unpaired) electrons. The summed E-state index contributed by atoms with van der Waals surface area (Å²) < 4.78 is 11.4. The van der Waals surface area contributed by atoms with Gasteiger partial charge in [-0.1, -0.05) is 28.1 Å². The molecule has 0 aliphatic carbocycles. The molecule has 0 saturated heterocycles. The van der Waals surface area contributed by atoms with Crippen LogP contribution in [0.2, 0.25) is 0 Å². The molecule has 0 heterocycles. The highest BCUT2D eigenvalue weighted by atomic mass is 79.9. The molecule has 2 aromatic rings. The van der Waals surface area contributed by atoms with Crippen LogP contribution in [-0.2, 0) is 11.2 Å². The van der Waals surface area contributed by atoms with Gasteiger partial charge in [0.05, 0.1) is 14.2 Å². The number of methoxy groups -OCH3 is 2. The molecule has 6 heteroatoms. The van der Waals surface area contributed by atoms with E-state index in [9.17, 15) is 9.59 Å². The van der Waals surface area contributed by atoms with Crippen LogP contribution in [0.25, 0.3) is 0 Å². The van der Waals surface area contributed by atoms with Gasteiger partial charge in [0.25, 0.3) is 0 Å². The van der Waals surface area contributed by atoms with Crippen molar-refractivity contribution in [2.75, 3.05) is 19.5 Å². The number of carbonyl (C=O) groups excluding carboxylic acids is 2. The van der Waals surface area contributed by atoms with E-state index in [4.69, 9.17) is 9.47 Å². The lowest BCUT2D eigenvalue weighted by Crippen LogP contribution is -2.13. The third-order valence-electron chi connectivity index (χ3n) is 3.73. The highest BCUT2D eigenvalue weighted by Gasteiger charge is 2.11. The van der Waals surface area contributed by atoms with Crippen molar-refractivity contribution in [2.45, 2.75) is 19.8 Å². The smallest absolute Gasteiger partial charge is 0.224 e. The van der Waals surface area contributed by atoms with Crippen LogP contribution in [0.3, 0.4) is 0 Å². The van der Waals surface area contributed by atoms with Gasteiger partial charge in [-0.15, -0.1) is 0 Å². The van der Waals surface area contributed by atoms with E-state index in [1.165, 1.54) is 6.92 Å². The molecule has 0 aromatic heterocycles. The monoisotopic (exact) mass is 405 g/mol. The van der Waals surface area contributed by atoms with Crippen LogP contribution in [0, 0.1) is 0 Å². The van der Waals surface area contributed by atoms with E-state index in [-0.39, 0.29) is 11.7 Å². The average molecular weight is 406 g/mol. The number of rotatable bonds is 7. The van der Waals surface area contributed by atoms with Crippen LogP contribution in [0.1, 0.15) is 29.3 Å². The van der Waals surface area contributed by atoms with E-state index in [0.29, 0.717) is 35.6 Å². The van der Waals surface area contributed by atoms with Crippen LogP contribution < -0.4 is 14.8 Å². The first kappa shape index (κ1) is 19.0. The number of hydrogen-bond donors (Lipinski definition) is 1. The fourth-order valence-corrected chi connectivity index (χ4v) is 2.90. The first-order valence-corrected chi connectivity index (χ1v) is 8.55. The summed E-state index contributed by atoms with van der Waals surface area (Å²) in [4.78, 5) is 23.6. The summed E-state index contributed by atoms with van der Waals surface area (Å²) in [6, 6.07) is 10.6. The van der Waals surface area contributed by atoms with E-state index in [1.54, 1.807) is 38.5 Å². The SMILES string of the molecule is COc1cc(Br)c(CCC(=O)Nc2cccc(C(C)=O)c2)cc1OC. The Labute approximate surface area is 155 Å². The van der Waals surface area contributed by atoms with E-state index in [1.807, 2.05) is 12.1 Å². The quantitative estimate of drug-likeness (QED) is 0.699. The van der Waals surface area contributed by atoms with Gasteiger partial charge in [0.1, 0.15) is 0 Å². The molecular formula is C19H20BrNO4. The number of nitrogens with one attached hydrogen (secondary N) is 1. The molecule has 0 saturated carbocycles. The summed E-state index contributed by atoms with van der Waals surface area (Å²) >= 11 is 3.49. The molecular weight excluding hydrogens is 386 g/mol. The standard InChI is InChI=1S/C19H20BrNO4/c1-12(22)13-5-4-6-15(9-13)21-19(23)8-7-14-10-17(24-2)18(25-3)11-16(14)20/h4-6,9-11H,7-8H2,1-3H3,(H,21,23). The number of aryl methyl sites for hydroxylation is 1. The zero-order valence-electron chi connectivity index (χ0n) is 14.4. The Morgan fingerprint density at radius 3 is 2.40 bits per heavy atom. The number of Topliss-reactive ketones (excluding diaryl/α,β-unsaturated/α-hetero) is 1. The molecule has 132 valence electrons. The maximum Gasteiger partial charge on any atom is 0.224 e. The molecule has 0 unspecified atom stereocenters. The lowest BCUT2D eigenvalue weighted by atomic mass is 10.1. The van der Waals surface area contributed by atoms with Crippen molar-refractivity contribution in [1.82, 2.24) is 0 Å². The number of anilines is 1. The maximum atomic E-state index is 12.2. The number of ether oxygens (including phenoxy) is 2. The number of halogens is 1. The van der Waals surface area contributed by atoms with Crippen LogP contribution in [0.4, 0.5) is 5.69 Å². The second-order valence-corrected chi connectivity index (χ2v) is 6.34. The summed E-state index contributed by atoms with van der Waals surface area (Å²) in [7, 11) is 3.15. The lowest BCUT2D eigenvalue weighted by molar-refractivity contribution is -0.116. The molecule has 2 aromatic carbocycles. The van der Waals surface area contributed by atoms with E-state index < -0.39 is 0 Å². The van der Waals surface area contributed by atoms with E-state index in [0.717, 1.165) is 10.0 Å². The summed E-state index contributed by atoms with van der Waals surface area (Å²) in [6.45, 7) is 1.50. The average Bonchev–Trinajstić information content (AvgIpc) is 2.60. The third kappa shape index (κ3) is 5.06. The first-order valence-electron chi connectivity index (χ1n) is 7.76. The van der Waals surface area contributed by atoms with Gasteiger partial charge in [-0.05, 0) is 43.2 Å². The Balaban J connectivity index is 2.03. The number of hydrogen-bond acceptors (Lipinski definition) is 4. The molecule has 1 amide bonds.